The number of unbranched alkanes of at least 4 members (excludes halogenated alkanes) is 1. The van der Waals surface area contributed by atoms with Crippen LogP contribution in [0.1, 0.15) is 44.0 Å². The molecular weight excluding hydrogens is 302 g/mol. The van der Waals surface area contributed by atoms with E-state index in [9.17, 15) is 4.79 Å². The maximum absolute atomic E-state index is 12.4. The zero-order valence-corrected chi connectivity index (χ0v) is 14.5. The molecule has 2 N–H and O–H groups in total. The van der Waals surface area contributed by atoms with Crippen LogP contribution in [0.2, 0.25) is 0 Å². The van der Waals surface area contributed by atoms with E-state index >= 15 is 0 Å². The first kappa shape index (κ1) is 17.8. The summed E-state index contributed by atoms with van der Waals surface area (Å²) in [7, 11) is 0. The SMILES string of the molecule is CCCCNc1ccc(C(=O)Nc2ccccc2OC(C)C)cn1. The normalized spacial score (nSPS) is 10.5. The Bertz CT molecular complexity index is 654. The fraction of sp³-hybridized carbons (Fsp3) is 0.368. The molecule has 2 aromatic rings. The van der Waals surface area contributed by atoms with Crippen molar-refractivity contribution in [2.24, 2.45) is 0 Å². The van der Waals surface area contributed by atoms with Gasteiger partial charge in [-0.3, -0.25) is 4.79 Å². The van der Waals surface area contributed by atoms with Crippen LogP contribution in [-0.4, -0.2) is 23.5 Å². The number of anilines is 2. The second kappa shape index (κ2) is 8.91. The van der Waals surface area contributed by atoms with E-state index in [0.29, 0.717) is 17.0 Å². The Labute approximate surface area is 143 Å². The van der Waals surface area contributed by atoms with Crippen molar-refractivity contribution in [3.63, 3.8) is 0 Å². The molecule has 1 aromatic heterocycles. The highest BCUT2D eigenvalue weighted by Gasteiger charge is 2.11. The molecule has 0 atom stereocenters. The Morgan fingerprint density at radius 3 is 2.67 bits per heavy atom. The second-order valence-corrected chi connectivity index (χ2v) is 5.83. The zero-order chi connectivity index (χ0) is 17.4. The highest BCUT2D eigenvalue weighted by Crippen LogP contribution is 2.25. The number of rotatable bonds is 8. The Balaban J connectivity index is 2.02. The molecule has 1 aromatic carbocycles. The number of nitrogens with zero attached hydrogens (tertiary/aromatic N) is 1. The van der Waals surface area contributed by atoms with Crippen molar-refractivity contribution in [3.8, 4) is 5.75 Å². The number of ether oxygens (including phenoxy) is 1. The maximum atomic E-state index is 12.4. The quantitative estimate of drug-likeness (QED) is 0.708. The Morgan fingerprint density at radius 1 is 1.21 bits per heavy atom. The van der Waals surface area contributed by atoms with Gasteiger partial charge < -0.3 is 15.4 Å². The molecule has 0 aliphatic carbocycles. The summed E-state index contributed by atoms with van der Waals surface area (Å²) in [4.78, 5) is 16.7. The molecule has 0 bridgehead atoms. The van der Waals surface area contributed by atoms with Crippen LogP contribution in [0.4, 0.5) is 11.5 Å². The van der Waals surface area contributed by atoms with Crippen LogP contribution in [0.3, 0.4) is 0 Å². The third-order valence-electron chi connectivity index (χ3n) is 3.36. The molecule has 1 amide bonds. The first-order valence-electron chi connectivity index (χ1n) is 8.37. The van der Waals surface area contributed by atoms with Gasteiger partial charge in [0.25, 0.3) is 5.91 Å². The van der Waals surface area contributed by atoms with Crippen LogP contribution in [0, 0.1) is 0 Å². The van der Waals surface area contributed by atoms with Gasteiger partial charge in [-0.05, 0) is 44.5 Å². The molecule has 0 unspecified atom stereocenters. The molecule has 0 radical (unpaired) electrons. The fourth-order valence-electron chi connectivity index (χ4n) is 2.15. The van der Waals surface area contributed by atoms with E-state index in [4.69, 9.17) is 4.74 Å². The third kappa shape index (κ3) is 5.26. The van der Waals surface area contributed by atoms with E-state index in [2.05, 4.69) is 22.5 Å². The van der Waals surface area contributed by atoms with E-state index in [0.717, 1.165) is 25.2 Å². The van der Waals surface area contributed by atoms with Crippen molar-refractivity contribution >= 4 is 17.4 Å². The summed E-state index contributed by atoms with van der Waals surface area (Å²) in [5.41, 5.74) is 1.16. The number of nitrogens with one attached hydrogen (secondary N) is 2. The van der Waals surface area contributed by atoms with Crippen molar-refractivity contribution in [2.75, 3.05) is 17.2 Å². The topological polar surface area (TPSA) is 63.2 Å². The molecule has 0 spiro atoms. The number of carbonyl (C=O) groups is 1. The Hall–Kier alpha value is -2.56. The first-order chi connectivity index (χ1) is 11.6. The minimum Gasteiger partial charge on any atom is -0.489 e. The number of hydrogen-bond acceptors (Lipinski definition) is 4. The molecule has 0 fully saturated rings. The van der Waals surface area contributed by atoms with Crippen molar-refractivity contribution < 1.29 is 9.53 Å². The van der Waals surface area contributed by atoms with E-state index in [1.165, 1.54) is 0 Å². The van der Waals surface area contributed by atoms with Gasteiger partial charge in [-0.25, -0.2) is 4.98 Å². The first-order valence-corrected chi connectivity index (χ1v) is 8.37. The van der Waals surface area contributed by atoms with Crippen LogP contribution in [0.15, 0.2) is 42.6 Å². The number of amides is 1. The molecule has 0 aliphatic heterocycles. The average Bonchev–Trinajstić information content (AvgIpc) is 2.57. The molecule has 0 aliphatic rings. The van der Waals surface area contributed by atoms with Gasteiger partial charge in [0.2, 0.25) is 0 Å². The number of carbonyl (C=O) groups excluding carboxylic acids is 1. The summed E-state index contributed by atoms with van der Waals surface area (Å²) in [5, 5.41) is 6.11. The molecule has 128 valence electrons. The minimum absolute atomic E-state index is 0.0400. The molecule has 24 heavy (non-hydrogen) atoms. The van der Waals surface area contributed by atoms with Gasteiger partial charge in [-0.15, -0.1) is 0 Å². The van der Waals surface area contributed by atoms with Gasteiger partial charge in [0.1, 0.15) is 11.6 Å². The zero-order valence-electron chi connectivity index (χ0n) is 14.5. The Kier molecular flexibility index (Phi) is 6.61. The van der Waals surface area contributed by atoms with Gasteiger partial charge in [0.05, 0.1) is 17.4 Å². The number of benzene rings is 1. The lowest BCUT2D eigenvalue weighted by Crippen LogP contribution is -2.15. The smallest absolute Gasteiger partial charge is 0.257 e. The summed E-state index contributed by atoms with van der Waals surface area (Å²) < 4.78 is 5.72. The van der Waals surface area contributed by atoms with Gasteiger partial charge in [-0.1, -0.05) is 25.5 Å². The van der Waals surface area contributed by atoms with Crippen LogP contribution < -0.4 is 15.4 Å². The van der Waals surface area contributed by atoms with E-state index in [-0.39, 0.29) is 12.0 Å². The lowest BCUT2D eigenvalue weighted by atomic mass is 10.2. The average molecular weight is 327 g/mol. The minimum atomic E-state index is -0.206. The van der Waals surface area contributed by atoms with Crippen LogP contribution in [-0.2, 0) is 0 Å². The van der Waals surface area contributed by atoms with Crippen LogP contribution >= 0.6 is 0 Å². The summed E-state index contributed by atoms with van der Waals surface area (Å²) in [5.74, 6) is 1.23. The molecule has 0 saturated carbocycles. The third-order valence-corrected chi connectivity index (χ3v) is 3.36. The second-order valence-electron chi connectivity index (χ2n) is 5.83. The Morgan fingerprint density at radius 2 is 2.00 bits per heavy atom. The lowest BCUT2D eigenvalue weighted by Gasteiger charge is -2.14. The predicted molar refractivity (Wildman–Crippen MR) is 97.8 cm³/mol. The van der Waals surface area contributed by atoms with Gasteiger partial charge in [0, 0.05) is 12.7 Å². The fourth-order valence-corrected chi connectivity index (χ4v) is 2.15. The maximum Gasteiger partial charge on any atom is 0.257 e. The van der Waals surface area contributed by atoms with Gasteiger partial charge >= 0.3 is 0 Å². The van der Waals surface area contributed by atoms with E-state index < -0.39 is 0 Å². The highest BCUT2D eigenvalue weighted by molar-refractivity contribution is 6.04. The standard InChI is InChI=1S/C19H25N3O2/c1-4-5-12-20-18-11-10-15(13-21-18)19(23)22-16-8-6-7-9-17(16)24-14(2)3/h6-11,13-14H,4-5,12H2,1-3H3,(H,20,21)(H,22,23). The summed E-state index contributed by atoms with van der Waals surface area (Å²) in [6.45, 7) is 6.93. The lowest BCUT2D eigenvalue weighted by molar-refractivity contribution is 0.102. The van der Waals surface area contributed by atoms with E-state index in [1.807, 2.05) is 44.2 Å². The molecule has 1 heterocycles. The van der Waals surface area contributed by atoms with Crippen molar-refractivity contribution in [1.29, 1.82) is 0 Å². The number of aromatic nitrogens is 1. The summed E-state index contributed by atoms with van der Waals surface area (Å²) >= 11 is 0. The molecular formula is C19H25N3O2. The number of para-hydroxylation sites is 2. The van der Waals surface area contributed by atoms with Crippen molar-refractivity contribution in [1.82, 2.24) is 4.98 Å². The van der Waals surface area contributed by atoms with E-state index in [1.54, 1.807) is 12.3 Å². The molecule has 0 saturated heterocycles. The highest BCUT2D eigenvalue weighted by atomic mass is 16.5. The van der Waals surface area contributed by atoms with Crippen LogP contribution in [0.25, 0.3) is 0 Å². The predicted octanol–water partition coefficient (Wildman–Crippen LogP) is 4.33. The number of hydrogen-bond donors (Lipinski definition) is 2. The molecule has 5 heteroatoms. The van der Waals surface area contributed by atoms with Crippen molar-refractivity contribution in [2.45, 2.75) is 39.7 Å². The summed E-state index contributed by atoms with van der Waals surface area (Å²) in [6, 6.07) is 11.0. The molecule has 5 nitrogen and oxygen atoms in total. The van der Waals surface area contributed by atoms with Gasteiger partial charge in [-0.2, -0.15) is 0 Å². The molecule has 2 rings (SSSR count). The van der Waals surface area contributed by atoms with Crippen molar-refractivity contribution in [3.05, 3.63) is 48.2 Å². The van der Waals surface area contributed by atoms with Gasteiger partial charge in [0.15, 0.2) is 0 Å². The largest absolute Gasteiger partial charge is 0.489 e. The number of pyridine rings is 1. The monoisotopic (exact) mass is 327 g/mol. The summed E-state index contributed by atoms with van der Waals surface area (Å²) in [6.07, 6.45) is 3.84. The van der Waals surface area contributed by atoms with Crippen LogP contribution in [0.5, 0.6) is 5.75 Å².